The van der Waals surface area contributed by atoms with Gasteiger partial charge in [0.2, 0.25) is 0 Å². The summed E-state index contributed by atoms with van der Waals surface area (Å²) in [4.78, 5) is 9.37. The van der Waals surface area contributed by atoms with Gasteiger partial charge in [-0.1, -0.05) is 0 Å². The van der Waals surface area contributed by atoms with E-state index in [1.54, 1.807) is 17.5 Å². The molecule has 0 aliphatic heterocycles. The first-order valence-corrected chi connectivity index (χ1v) is 6.36. The lowest BCUT2D eigenvalue weighted by atomic mass is 10.2. The number of rotatable bonds is 3. The lowest BCUT2D eigenvalue weighted by molar-refractivity contribution is 0.181. The highest BCUT2D eigenvalue weighted by Gasteiger charge is 2.12. The first-order valence-electron chi connectivity index (χ1n) is 4.66. The minimum atomic E-state index is -0.474. The third-order valence-electron chi connectivity index (χ3n) is 2.04. The van der Waals surface area contributed by atoms with Crippen molar-refractivity contribution >= 4 is 22.7 Å². The van der Waals surface area contributed by atoms with Crippen LogP contribution in [0, 0.1) is 13.8 Å². The molecule has 0 amide bonds. The standard InChI is InChI=1S/C10H12N2OS2/c1-6-11-4-10(15-6)9(13)3-8-5-14-7(2)12-8/h4-5,9,13H,3H2,1-2H3. The molecule has 0 bridgehead atoms. The fourth-order valence-electron chi connectivity index (χ4n) is 1.33. The van der Waals surface area contributed by atoms with E-state index >= 15 is 0 Å². The molecule has 0 radical (unpaired) electrons. The van der Waals surface area contributed by atoms with E-state index in [4.69, 9.17) is 0 Å². The topological polar surface area (TPSA) is 46.0 Å². The largest absolute Gasteiger partial charge is 0.387 e. The Balaban J connectivity index is 2.06. The summed E-state index contributed by atoms with van der Waals surface area (Å²) in [5.41, 5.74) is 0.955. The van der Waals surface area contributed by atoms with Gasteiger partial charge in [-0.3, -0.25) is 0 Å². The van der Waals surface area contributed by atoms with Gasteiger partial charge in [0, 0.05) is 18.0 Å². The highest BCUT2D eigenvalue weighted by atomic mass is 32.1. The van der Waals surface area contributed by atoms with Gasteiger partial charge >= 0.3 is 0 Å². The number of thiazole rings is 2. The Morgan fingerprint density at radius 3 is 2.73 bits per heavy atom. The lowest BCUT2D eigenvalue weighted by Crippen LogP contribution is -1.99. The highest BCUT2D eigenvalue weighted by Crippen LogP contribution is 2.24. The second-order valence-corrected chi connectivity index (χ2v) is 5.69. The van der Waals surface area contributed by atoms with Crippen molar-refractivity contribution in [2.45, 2.75) is 26.4 Å². The number of aryl methyl sites for hydroxylation is 2. The zero-order chi connectivity index (χ0) is 10.8. The average Bonchev–Trinajstić information content (AvgIpc) is 2.75. The van der Waals surface area contributed by atoms with Crippen molar-refractivity contribution in [3.8, 4) is 0 Å². The van der Waals surface area contributed by atoms with Crippen LogP contribution in [0.4, 0.5) is 0 Å². The molecule has 0 aliphatic rings. The van der Waals surface area contributed by atoms with Crippen LogP contribution in [-0.2, 0) is 6.42 Å². The van der Waals surface area contributed by atoms with E-state index in [-0.39, 0.29) is 0 Å². The zero-order valence-electron chi connectivity index (χ0n) is 8.60. The molecule has 3 nitrogen and oxygen atoms in total. The maximum absolute atomic E-state index is 9.93. The summed E-state index contributed by atoms with van der Waals surface area (Å²) >= 11 is 3.15. The van der Waals surface area contributed by atoms with E-state index in [9.17, 15) is 5.11 Å². The molecular formula is C10H12N2OS2. The van der Waals surface area contributed by atoms with Crippen LogP contribution in [-0.4, -0.2) is 15.1 Å². The maximum Gasteiger partial charge on any atom is 0.0953 e. The molecule has 80 valence electrons. The predicted molar refractivity (Wildman–Crippen MR) is 62.4 cm³/mol. The van der Waals surface area contributed by atoms with Gasteiger partial charge in [0.1, 0.15) is 0 Å². The van der Waals surface area contributed by atoms with E-state index in [0.29, 0.717) is 6.42 Å². The molecular weight excluding hydrogens is 228 g/mol. The van der Waals surface area contributed by atoms with Gasteiger partial charge < -0.3 is 5.11 Å². The van der Waals surface area contributed by atoms with Gasteiger partial charge in [-0.25, -0.2) is 9.97 Å². The average molecular weight is 240 g/mol. The van der Waals surface area contributed by atoms with Gasteiger partial charge in [0.05, 0.1) is 26.7 Å². The van der Waals surface area contributed by atoms with E-state index in [1.165, 1.54) is 11.3 Å². The van der Waals surface area contributed by atoms with Crippen molar-refractivity contribution in [2.24, 2.45) is 0 Å². The number of hydrogen-bond acceptors (Lipinski definition) is 5. The molecule has 2 aromatic rings. The maximum atomic E-state index is 9.93. The molecule has 2 heterocycles. The first kappa shape index (κ1) is 10.7. The SMILES string of the molecule is Cc1nc(CC(O)c2cnc(C)s2)cs1. The second kappa shape index (κ2) is 4.38. The second-order valence-electron chi connectivity index (χ2n) is 3.36. The molecule has 0 saturated carbocycles. The minimum Gasteiger partial charge on any atom is -0.387 e. The highest BCUT2D eigenvalue weighted by molar-refractivity contribution is 7.11. The van der Waals surface area contributed by atoms with Gasteiger partial charge in [-0.05, 0) is 13.8 Å². The van der Waals surface area contributed by atoms with Crippen molar-refractivity contribution < 1.29 is 5.11 Å². The molecule has 15 heavy (non-hydrogen) atoms. The Kier molecular flexibility index (Phi) is 3.14. The Morgan fingerprint density at radius 2 is 2.20 bits per heavy atom. The Bertz CT molecular complexity index is 450. The number of nitrogens with zero attached hydrogens (tertiary/aromatic N) is 2. The summed E-state index contributed by atoms with van der Waals surface area (Å²) in [5, 5.41) is 13.9. The fourth-order valence-corrected chi connectivity index (χ4v) is 2.73. The lowest BCUT2D eigenvalue weighted by Gasteiger charge is -2.04. The summed E-state index contributed by atoms with van der Waals surface area (Å²) in [6.07, 6.45) is 1.84. The summed E-state index contributed by atoms with van der Waals surface area (Å²) < 4.78 is 0. The quantitative estimate of drug-likeness (QED) is 0.896. The van der Waals surface area contributed by atoms with E-state index < -0.39 is 6.10 Å². The molecule has 2 rings (SSSR count). The van der Waals surface area contributed by atoms with Crippen molar-refractivity contribution in [1.29, 1.82) is 0 Å². The monoisotopic (exact) mass is 240 g/mol. The number of hydrogen-bond donors (Lipinski definition) is 1. The molecule has 2 aromatic heterocycles. The zero-order valence-corrected chi connectivity index (χ0v) is 10.2. The van der Waals surface area contributed by atoms with Crippen LogP contribution in [0.15, 0.2) is 11.6 Å². The molecule has 5 heteroatoms. The van der Waals surface area contributed by atoms with Gasteiger partial charge in [-0.15, -0.1) is 22.7 Å². The van der Waals surface area contributed by atoms with Crippen molar-refractivity contribution in [3.05, 3.63) is 32.2 Å². The van der Waals surface area contributed by atoms with Crippen LogP contribution in [0.3, 0.4) is 0 Å². The van der Waals surface area contributed by atoms with Crippen LogP contribution in [0.1, 0.15) is 26.7 Å². The molecule has 0 spiro atoms. The summed E-state index contributed by atoms with van der Waals surface area (Å²) in [5.74, 6) is 0. The number of aliphatic hydroxyl groups is 1. The summed E-state index contributed by atoms with van der Waals surface area (Å²) in [7, 11) is 0. The van der Waals surface area contributed by atoms with Crippen molar-refractivity contribution in [2.75, 3.05) is 0 Å². The summed E-state index contributed by atoms with van der Waals surface area (Å²) in [6, 6.07) is 0. The van der Waals surface area contributed by atoms with Crippen LogP contribution < -0.4 is 0 Å². The van der Waals surface area contributed by atoms with Crippen LogP contribution in [0.25, 0.3) is 0 Å². The molecule has 0 saturated heterocycles. The van der Waals surface area contributed by atoms with Crippen LogP contribution in [0.5, 0.6) is 0 Å². The minimum absolute atomic E-state index is 0.474. The molecule has 0 fully saturated rings. The van der Waals surface area contributed by atoms with Crippen LogP contribution in [0.2, 0.25) is 0 Å². The predicted octanol–water partition coefficient (Wildman–Crippen LogP) is 2.49. The smallest absolute Gasteiger partial charge is 0.0953 e. The Hall–Kier alpha value is -0.780. The molecule has 1 N–H and O–H groups in total. The molecule has 0 aromatic carbocycles. The Labute approximate surface area is 96.5 Å². The van der Waals surface area contributed by atoms with Gasteiger partial charge in [0.15, 0.2) is 0 Å². The molecule has 0 aliphatic carbocycles. The normalized spacial score (nSPS) is 13.0. The fraction of sp³-hybridized carbons (Fsp3) is 0.400. The molecule has 1 atom stereocenters. The van der Waals surface area contributed by atoms with E-state index in [0.717, 1.165) is 20.6 Å². The third kappa shape index (κ3) is 2.62. The van der Waals surface area contributed by atoms with E-state index in [1.807, 2.05) is 19.2 Å². The number of aliphatic hydroxyl groups excluding tert-OH is 1. The first-order chi connectivity index (χ1) is 7.15. The third-order valence-corrected chi connectivity index (χ3v) is 3.87. The molecule has 1 unspecified atom stereocenters. The van der Waals surface area contributed by atoms with Gasteiger partial charge in [-0.2, -0.15) is 0 Å². The van der Waals surface area contributed by atoms with E-state index in [2.05, 4.69) is 9.97 Å². The van der Waals surface area contributed by atoms with Crippen molar-refractivity contribution in [3.63, 3.8) is 0 Å². The summed E-state index contributed by atoms with van der Waals surface area (Å²) in [6.45, 7) is 3.91. The van der Waals surface area contributed by atoms with Crippen molar-refractivity contribution in [1.82, 2.24) is 9.97 Å². The van der Waals surface area contributed by atoms with Gasteiger partial charge in [0.25, 0.3) is 0 Å². The Morgan fingerprint density at radius 1 is 1.40 bits per heavy atom. The number of aromatic nitrogens is 2. The van der Waals surface area contributed by atoms with Crippen LogP contribution >= 0.6 is 22.7 Å².